The molecule has 2 unspecified atom stereocenters. The van der Waals surface area contributed by atoms with Crippen molar-refractivity contribution in [3.63, 3.8) is 0 Å². The van der Waals surface area contributed by atoms with Gasteiger partial charge in [0, 0.05) is 30.7 Å². The first-order valence-electron chi connectivity index (χ1n) is 13.9. The number of hydrogen-bond acceptors (Lipinski definition) is 5. The number of anilines is 1. The molecule has 0 bridgehead atoms. The number of ether oxygens (including phenoxy) is 2. The first-order chi connectivity index (χ1) is 18.6. The number of amides is 1. The Kier molecular flexibility index (Phi) is 11.0. The number of rotatable bonds is 8. The summed E-state index contributed by atoms with van der Waals surface area (Å²) in [5, 5.41) is 0. The molecule has 2 fully saturated rings. The van der Waals surface area contributed by atoms with Crippen LogP contribution in [0.5, 0.6) is 0 Å². The summed E-state index contributed by atoms with van der Waals surface area (Å²) in [5.41, 5.74) is 3.95. The Morgan fingerprint density at radius 3 is 2.23 bits per heavy atom. The van der Waals surface area contributed by atoms with Crippen molar-refractivity contribution in [2.45, 2.75) is 77.4 Å². The van der Waals surface area contributed by atoms with E-state index in [0.717, 1.165) is 55.2 Å². The van der Waals surface area contributed by atoms with E-state index in [0.29, 0.717) is 12.5 Å². The number of esters is 1. The van der Waals surface area contributed by atoms with E-state index in [2.05, 4.69) is 29.0 Å². The molecule has 2 aromatic carbocycles. The molecule has 0 radical (unpaired) electrons. The van der Waals surface area contributed by atoms with Gasteiger partial charge < -0.3 is 19.2 Å². The maximum atomic E-state index is 13.6. The highest BCUT2D eigenvalue weighted by Crippen LogP contribution is 2.45. The van der Waals surface area contributed by atoms with Gasteiger partial charge in [0.05, 0.1) is 19.3 Å². The van der Waals surface area contributed by atoms with Crippen LogP contribution in [0.3, 0.4) is 0 Å². The van der Waals surface area contributed by atoms with E-state index in [1.165, 1.54) is 25.2 Å². The van der Waals surface area contributed by atoms with Crippen LogP contribution in [0.1, 0.15) is 81.9 Å². The van der Waals surface area contributed by atoms with Gasteiger partial charge in [-0.05, 0) is 80.9 Å². The Hall–Kier alpha value is -3.25. The zero-order valence-corrected chi connectivity index (χ0v) is 24.0. The maximum Gasteiger partial charge on any atom is 0.330 e. The van der Waals surface area contributed by atoms with Crippen LogP contribution in [0.2, 0.25) is 0 Å². The molecule has 39 heavy (non-hydrogen) atoms. The summed E-state index contributed by atoms with van der Waals surface area (Å²) in [6.45, 7) is 6.55. The molecule has 2 atom stereocenters. The zero-order valence-electron chi connectivity index (χ0n) is 24.0. The van der Waals surface area contributed by atoms with E-state index in [1.54, 1.807) is 13.2 Å². The summed E-state index contributed by atoms with van der Waals surface area (Å²) in [7, 11) is 3.06. The molecule has 0 heterocycles. The predicted molar refractivity (Wildman–Crippen MR) is 155 cm³/mol. The van der Waals surface area contributed by atoms with Gasteiger partial charge >= 0.3 is 5.97 Å². The van der Waals surface area contributed by atoms with Crippen LogP contribution in [0.25, 0.3) is 6.08 Å². The second-order valence-corrected chi connectivity index (χ2v) is 11.4. The van der Waals surface area contributed by atoms with Crippen LogP contribution < -0.4 is 4.90 Å². The summed E-state index contributed by atoms with van der Waals surface area (Å²) in [4.78, 5) is 38.0. The van der Waals surface area contributed by atoms with Crippen LogP contribution in [-0.4, -0.2) is 38.0 Å². The van der Waals surface area contributed by atoms with Crippen molar-refractivity contribution in [3.05, 3.63) is 71.3 Å². The SMILES string of the molecule is COC(=O)/C=C/c1cccc(N(Cc2ccc(C3CC3C=O)cc2)C(=O)C2CCCCC2)c1.COC(C)(C)C. The lowest BCUT2D eigenvalue weighted by Crippen LogP contribution is -2.36. The van der Waals surface area contributed by atoms with Crippen LogP contribution in [0, 0.1) is 11.8 Å². The fraction of sp³-hybridized carbons (Fsp3) is 0.485. The minimum absolute atomic E-state index is 0.0417. The average molecular weight is 534 g/mol. The number of aldehydes is 1. The second-order valence-electron chi connectivity index (χ2n) is 11.4. The largest absolute Gasteiger partial charge is 0.466 e. The smallest absolute Gasteiger partial charge is 0.330 e. The second kappa shape index (κ2) is 14.2. The third-order valence-corrected chi connectivity index (χ3v) is 7.39. The van der Waals surface area contributed by atoms with E-state index in [1.807, 2.05) is 49.9 Å². The van der Waals surface area contributed by atoms with E-state index in [4.69, 9.17) is 4.74 Å². The molecule has 6 nitrogen and oxygen atoms in total. The number of carbonyl (C=O) groups is 3. The van der Waals surface area contributed by atoms with Gasteiger partial charge in [-0.2, -0.15) is 0 Å². The third kappa shape index (κ3) is 9.47. The van der Waals surface area contributed by atoms with Gasteiger partial charge in [-0.1, -0.05) is 55.7 Å². The number of methoxy groups -OCH3 is 2. The van der Waals surface area contributed by atoms with Gasteiger partial charge in [-0.3, -0.25) is 4.79 Å². The van der Waals surface area contributed by atoms with Crippen molar-refractivity contribution in [2.75, 3.05) is 19.1 Å². The molecule has 0 N–H and O–H groups in total. The number of nitrogens with zero attached hydrogens (tertiary/aromatic N) is 1. The van der Waals surface area contributed by atoms with Crippen molar-refractivity contribution >= 4 is 29.9 Å². The van der Waals surface area contributed by atoms with Gasteiger partial charge in [0.15, 0.2) is 0 Å². The molecule has 4 rings (SSSR count). The molecule has 1 amide bonds. The Morgan fingerprint density at radius 1 is 1.00 bits per heavy atom. The molecular formula is C33H43NO5. The van der Waals surface area contributed by atoms with E-state index < -0.39 is 5.97 Å². The van der Waals surface area contributed by atoms with Crippen LogP contribution in [-0.2, 0) is 30.4 Å². The topological polar surface area (TPSA) is 72.9 Å². The molecule has 2 saturated carbocycles. The zero-order chi connectivity index (χ0) is 28.4. The number of hydrogen-bond donors (Lipinski definition) is 0. The van der Waals surface area contributed by atoms with Crippen molar-refractivity contribution in [1.29, 1.82) is 0 Å². The molecule has 0 spiro atoms. The monoisotopic (exact) mass is 533 g/mol. The maximum absolute atomic E-state index is 13.6. The van der Waals surface area contributed by atoms with E-state index in [9.17, 15) is 14.4 Å². The lowest BCUT2D eigenvalue weighted by Gasteiger charge is -2.30. The molecule has 0 saturated heterocycles. The Balaban J connectivity index is 0.000000631. The van der Waals surface area contributed by atoms with Crippen LogP contribution >= 0.6 is 0 Å². The highest BCUT2D eigenvalue weighted by atomic mass is 16.5. The Morgan fingerprint density at radius 2 is 1.67 bits per heavy atom. The predicted octanol–water partition coefficient (Wildman–Crippen LogP) is 6.72. The van der Waals surface area contributed by atoms with Crippen molar-refractivity contribution in [3.8, 4) is 0 Å². The first-order valence-corrected chi connectivity index (χ1v) is 13.9. The van der Waals surface area contributed by atoms with Gasteiger partial charge in [-0.25, -0.2) is 4.79 Å². The summed E-state index contributed by atoms with van der Waals surface area (Å²) in [5.74, 6) is 0.294. The molecule has 0 aromatic heterocycles. The molecular weight excluding hydrogens is 490 g/mol. The lowest BCUT2D eigenvalue weighted by molar-refractivity contribution is -0.134. The minimum atomic E-state index is -0.414. The van der Waals surface area contributed by atoms with Crippen molar-refractivity contribution < 1.29 is 23.9 Å². The summed E-state index contributed by atoms with van der Waals surface area (Å²) in [6.07, 6.45) is 10.3. The van der Waals surface area contributed by atoms with Crippen LogP contribution in [0.15, 0.2) is 54.6 Å². The van der Waals surface area contributed by atoms with E-state index >= 15 is 0 Å². The van der Waals surface area contributed by atoms with Gasteiger partial charge in [0.1, 0.15) is 6.29 Å². The molecule has 2 aromatic rings. The van der Waals surface area contributed by atoms with Crippen molar-refractivity contribution in [1.82, 2.24) is 0 Å². The quantitative estimate of drug-likeness (QED) is 0.214. The molecule has 0 aliphatic heterocycles. The lowest BCUT2D eigenvalue weighted by atomic mass is 9.88. The number of benzene rings is 2. The molecule has 6 heteroatoms. The fourth-order valence-electron chi connectivity index (χ4n) is 4.70. The van der Waals surface area contributed by atoms with Crippen LogP contribution in [0.4, 0.5) is 5.69 Å². The van der Waals surface area contributed by atoms with E-state index in [-0.39, 0.29) is 23.3 Å². The van der Waals surface area contributed by atoms with Gasteiger partial charge in [0.25, 0.3) is 0 Å². The summed E-state index contributed by atoms with van der Waals surface area (Å²) in [6, 6.07) is 16.0. The fourth-order valence-corrected chi connectivity index (χ4v) is 4.70. The Labute approximate surface area is 233 Å². The summed E-state index contributed by atoms with van der Waals surface area (Å²) >= 11 is 0. The minimum Gasteiger partial charge on any atom is -0.466 e. The molecule has 2 aliphatic carbocycles. The average Bonchev–Trinajstić information content (AvgIpc) is 3.75. The highest BCUT2D eigenvalue weighted by Gasteiger charge is 2.37. The van der Waals surface area contributed by atoms with Crippen molar-refractivity contribution in [2.24, 2.45) is 11.8 Å². The third-order valence-electron chi connectivity index (χ3n) is 7.39. The molecule has 2 aliphatic rings. The molecule has 210 valence electrons. The summed E-state index contributed by atoms with van der Waals surface area (Å²) < 4.78 is 9.62. The van der Waals surface area contributed by atoms with Gasteiger partial charge in [-0.15, -0.1) is 0 Å². The van der Waals surface area contributed by atoms with Gasteiger partial charge in [0.2, 0.25) is 5.91 Å². The standard InChI is InChI=1S/C28H31NO4.C5H12O/c1-33-27(31)15-12-20-6-5-9-25(16-20)29(28(32)23-7-3-2-4-8-23)18-21-10-13-22(14-11-21)26-17-24(26)19-30;1-5(2,3)6-4/h5-6,9-16,19,23-24,26H,2-4,7-8,17-18H2,1H3;1-4H3/b15-12+;. The Bertz CT molecular complexity index is 1130. The first kappa shape index (κ1) is 30.3. The number of carbonyl (C=O) groups excluding carboxylic acids is 3. The highest BCUT2D eigenvalue weighted by molar-refractivity contribution is 5.95. The normalized spacial score (nSPS) is 19.1.